The van der Waals surface area contributed by atoms with Gasteiger partial charge in [-0.15, -0.1) is 0 Å². The average Bonchev–Trinajstić information content (AvgIpc) is 2.81. The molecule has 0 aliphatic heterocycles. The van der Waals surface area contributed by atoms with Gasteiger partial charge in [0, 0.05) is 17.6 Å². The van der Waals surface area contributed by atoms with E-state index in [0.29, 0.717) is 17.4 Å². The molecule has 0 aromatic heterocycles. The van der Waals surface area contributed by atoms with Crippen molar-refractivity contribution in [3.05, 3.63) is 23.5 Å². The summed E-state index contributed by atoms with van der Waals surface area (Å²) in [5.41, 5.74) is 0.659. The van der Waals surface area contributed by atoms with Crippen molar-refractivity contribution in [2.24, 2.45) is 38.4 Å². The summed E-state index contributed by atoms with van der Waals surface area (Å²) in [7, 11) is 0. The molecule has 2 N–H and O–H groups in total. The van der Waals surface area contributed by atoms with Gasteiger partial charge < -0.3 is 10.2 Å². The van der Waals surface area contributed by atoms with Crippen LogP contribution in [0.5, 0.6) is 0 Å². The van der Waals surface area contributed by atoms with Crippen molar-refractivity contribution < 1.29 is 19.8 Å². The van der Waals surface area contributed by atoms with Gasteiger partial charge in [-0.3, -0.25) is 9.59 Å². The second kappa shape index (κ2) is 11.8. The van der Waals surface area contributed by atoms with Crippen molar-refractivity contribution in [1.82, 2.24) is 0 Å². The number of fused-ring (bicyclic) bond motifs is 1. The fraction of sp³-hybridized carbons (Fsp3) is 0.829. The van der Waals surface area contributed by atoms with Gasteiger partial charge in [0.05, 0.1) is 6.26 Å². The SMILES string of the molecule is CCCC(C)(C)CC[C@](C)(CCO)CCC(C)(C)[C@]1(C)CC[C@H]2C(C)(C)C(=O)/C(=C\O)C[C@]2(C)/C1=C/C(C)=O. The lowest BCUT2D eigenvalue weighted by Crippen LogP contribution is -2.57. The Morgan fingerprint density at radius 1 is 0.974 bits per heavy atom. The molecule has 0 saturated heterocycles. The number of aliphatic hydroxyl groups excluding tert-OH is 2. The molecule has 0 aromatic rings. The Labute approximate surface area is 240 Å². The summed E-state index contributed by atoms with van der Waals surface area (Å²) in [6, 6.07) is 0. The van der Waals surface area contributed by atoms with Crippen LogP contribution < -0.4 is 0 Å². The van der Waals surface area contributed by atoms with E-state index in [1.54, 1.807) is 6.92 Å². The van der Waals surface area contributed by atoms with E-state index < -0.39 is 5.41 Å². The minimum absolute atomic E-state index is 0.0308. The maximum absolute atomic E-state index is 13.3. The van der Waals surface area contributed by atoms with Gasteiger partial charge in [0.25, 0.3) is 0 Å². The molecule has 4 heteroatoms. The molecule has 2 fully saturated rings. The highest BCUT2D eigenvalue weighted by atomic mass is 16.3. The Bertz CT molecular complexity index is 967. The third-order valence-corrected chi connectivity index (χ3v) is 11.6. The summed E-state index contributed by atoms with van der Waals surface area (Å²) >= 11 is 0. The lowest BCUT2D eigenvalue weighted by atomic mass is 9.41. The summed E-state index contributed by atoms with van der Waals surface area (Å²) in [4.78, 5) is 26.0. The molecule has 4 nitrogen and oxygen atoms in total. The fourth-order valence-electron chi connectivity index (χ4n) is 8.44. The summed E-state index contributed by atoms with van der Waals surface area (Å²) in [5.74, 6) is 0.181. The highest BCUT2D eigenvalue weighted by Gasteiger charge is 2.62. The summed E-state index contributed by atoms with van der Waals surface area (Å²) in [6.45, 7) is 24.5. The van der Waals surface area contributed by atoms with E-state index in [-0.39, 0.29) is 45.8 Å². The van der Waals surface area contributed by atoms with Gasteiger partial charge in [0.2, 0.25) is 0 Å². The number of carbonyl (C=O) groups excluding carboxylic acids is 2. The number of rotatable bonds is 12. The van der Waals surface area contributed by atoms with E-state index in [1.165, 1.54) is 12.8 Å². The average molecular weight is 545 g/mol. The number of aliphatic hydroxyl groups is 2. The summed E-state index contributed by atoms with van der Waals surface area (Å²) in [5, 5.41) is 20.0. The van der Waals surface area contributed by atoms with Gasteiger partial charge in [0.15, 0.2) is 11.6 Å². The van der Waals surface area contributed by atoms with Crippen LogP contribution in [-0.4, -0.2) is 28.4 Å². The molecule has 0 amide bonds. The molecule has 0 radical (unpaired) electrons. The Morgan fingerprint density at radius 2 is 1.56 bits per heavy atom. The van der Waals surface area contributed by atoms with Crippen molar-refractivity contribution >= 4 is 11.6 Å². The summed E-state index contributed by atoms with van der Waals surface area (Å²) < 4.78 is 0. The molecule has 2 aliphatic rings. The molecule has 0 aromatic carbocycles. The molecule has 2 saturated carbocycles. The Hall–Kier alpha value is -1.42. The van der Waals surface area contributed by atoms with Crippen LogP contribution in [-0.2, 0) is 9.59 Å². The zero-order chi connectivity index (χ0) is 30.1. The minimum atomic E-state index is -0.603. The van der Waals surface area contributed by atoms with E-state index in [0.717, 1.165) is 56.8 Å². The quantitative estimate of drug-likeness (QED) is 0.190. The minimum Gasteiger partial charge on any atom is -0.515 e. The molecule has 224 valence electrons. The van der Waals surface area contributed by atoms with E-state index in [4.69, 9.17) is 0 Å². The predicted molar refractivity (Wildman–Crippen MR) is 163 cm³/mol. The molecule has 0 unspecified atom stereocenters. The summed E-state index contributed by atoms with van der Waals surface area (Å²) in [6.07, 6.45) is 12.7. The first-order valence-electron chi connectivity index (χ1n) is 15.5. The monoisotopic (exact) mass is 544 g/mol. The Morgan fingerprint density at radius 3 is 2.08 bits per heavy atom. The van der Waals surface area contributed by atoms with E-state index in [2.05, 4.69) is 55.4 Å². The zero-order valence-corrected chi connectivity index (χ0v) is 27.2. The Kier molecular flexibility index (Phi) is 10.2. The standard InChI is InChI=1S/C35H60O4/c1-12-14-30(3,4)16-18-33(9,20-21-36)19-17-31(5,6)35(11)15-13-27-32(7,8)29(39)26(24-37)23-34(27,10)28(35)22-25(2)38/h22,24,27,36-37H,12-21,23H2,1-11H3/b26-24-,28-22-/t27-,33-,34-,35+/m0/s1. The molecule has 0 heterocycles. The number of hydrogen-bond donors (Lipinski definition) is 2. The van der Waals surface area contributed by atoms with Crippen molar-refractivity contribution in [1.29, 1.82) is 0 Å². The molecule has 2 rings (SSSR count). The van der Waals surface area contributed by atoms with Crippen molar-refractivity contribution in [2.45, 2.75) is 140 Å². The number of carbonyl (C=O) groups is 2. The lowest BCUT2D eigenvalue weighted by molar-refractivity contribution is -0.136. The van der Waals surface area contributed by atoms with Gasteiger partial charge >= 0.3 is 0 Å². The number of Topliss-reactive ketones (excluding diaryl/α,β-unsaturated/α-hetero) is 1. The largest absolute Gasteiger partial charge is 0.515 e. The van der Waals surface area contributed by atoms with Crippen molar-refractivity contribution in [2.75, 3.05) is 6.61 Å². The van der Waals surface area contributed by atoms with E-state index >= 15 is 0 Å². The first kappa shape index (κ1) is 33.8. The maximum atomic E-state index is 13.3. The normalized spacial score (nSPS) is 31.3. The topological polar surface area (TPSA) is 74.6 Å². The van der Waals surface area contributed by atoms with Crippen molar-refractivity contribution in [3.63, 3.8) is 0 Å². The van der Waals surface area contributed by atoms with E-state index in [9.17, 15) is 19.8 Å². The molecule has 0 spiro atoms. The van der Waals surface area contributed by atoms with Crippen LogP contribution in [0.2, 0.25) is 0 Å². The van der Waals surface area contributed by atoms with Crippen LogP contribution in [0.4, 0.5) is 0 Å². The van der Waals surface area contributed by atoms with Gasteiger partial charge in [-0.2, -0.15) is 0 Å². The maximum Gasteiger partial charge on any atom is 0.167 e. The van der Waals surface area contributed by atoms with Crippen molar-refractivity contribution in [3.8, 4) is 0 Å². The van der Waals surface area contributed by atoms with Gasteiger partial charge in [-0.25, -0.2) is 0 Å². The predicted octanol–water partition coefficient (Wildman–Crippen LogP) is 9.17. The molecular weight excluding hydrogens is 484 g/mol. The third-order valence-electron chi connectivity index (χ3n) is 11.6. The van der Waals surface area contributed by atoms with Crippen LogP contribution in [0.3, 0.4) is 0 Å². The first-order valence-corrected chi connectivity index (χ1v) is 15.5. The van der Waals surface area contributed by atoms with Crippen LogP contribution in [0.25, 0.3) is 0 Å². The second-order valence-electron chi connectivity index (χ2n) is 16.0. The van der Waals surface area contributed by atoms with Crippen LogP contribution in [0.1, 0.15) is 140 Å². The van der Waals surface area contributed by atoms with Crippen LogP contribution in [0.15, 0.2) is 23.5 Å². The van der Waals surface area contributed by atoms with Gasteiger partial charge in [-0.05, 0) is 104 Å². The van der Waals surface area contributed by atoms with Gasteiger partial charge in [0.1, 0.15) is 0 Å². The highest BCUT2D eigenvalue weighted by molar-refractivity contribution is 6.01. The molecular formula is C35H60O4. The molecule has 39 heavy (non-hydrogen) atoms. The second-order valence-corrected chi connectivity index (χ2v) is 16.0. The van der Waals surface area contributed by atoms with Gasteiger partial charge in [-0.1, -0.05) is 81.2 Å². The molecule has 2 aliphatic carbocycles. The Balaban J connectivity index is 2.46. The lowest BCUT2D eigenvalue weighted by Gasteiger charge is -2.62. The molecule has 0 bridgehead atoms. The molecule has 4 atom stereocenters. The smallest absolute Gasteiger partial charge is 0.167 e. The number of hydrogen-bond acceptors (Lipinski definition) is 4. The third kappa shape index (κ3) is 6.74. The first-order chi connectivity index (χ1) is 17.7. The van der Waals surface area contributed by atoms with Crippen LogP contribution in [0, 0.1) is 38.4 Å². The highest BCUT2D eigenvalue weighted by Crippen LogP contribution is 2.68. The van der Waals surface area contributed by atoms with E-state index in [1.807, 2.05) is 19.9 Å². The number of allylic oxidation sites excluding steroid dienone is 3. The van der Waals surface area contributed by atoms with Crippen LogP contribution >= 0.6 is 0 Å². The number of ketones is 2. The fourth-order valence-corrected chi connectivity index (χ4v) is 8.44. The zero-order valence-electron chi connectivity index (χ0n) is 27.2.